The highest BCUT2D eigenvalue weighted by atomic mass is 35.5. The Morgan fingerprint density at radius 3 is 2.95 bits per heavy atom. The largest absolute Gasteiger partial charge is 0.383 e. The van der Waals surface area contributed by atoms with E-state index in [1.807, 2.05) is 13.0 Å². The van der Waals surface area contributed by atoms with Crippen molar-refractivity contribution in [1.29, 1.82) is 0 Å². The second-order valence-electron chi connectivity index (χ2n) is 4.72. The predicted octanol–water partition coefficient (Wildman–Crippen LogP) is 3.37. The van der Waals surface area contributed by atoms with E-state index < -0.39 is 0 Å². The number of nitrogens with two attached hydrogens (primary N) is 1. The van der Waals surface area contributed by atoms with E-state index in [2.05, 4.69) is 27.6 Å². The number of hydrogen-bond donors (Lipinski definition) is 2. The number of nitrogen functional groups attached to an aromatic ring is 1. The topological polar surface area (TPSA) is 63.8 Å². The molecule has 0 aliphatic carbocycles. The van der Waals surface area contributed by atoms with Crippen LogP contribution in [-0.4, -0.2) is 16.5 Å². The number of aryl methyl sites for hydroxylation is 1. The van der Waals surface area contributed by atoms with E-state index >= 15 is 0 Å². The summed E-state index contributed by atoms with van der Waals surface area (Å²) in [5.41, 5.74) is 7.99. The molecule has 0 aromatic carbocycles. The van der Waals surface area contributed by atoms with Gasteiger partial charge in [-0.25, -0.2) is 9.97 Å². The minimum absolute atomic E-state index is 0.0895. The lowest BCUT2D eigenvalue weighted by Gasteiger charge is -2.19. The normalized spacial score (nSPS) is 12.6. The molecule has 0 bridgehead atoms. The van der Waals surface area contributed by atoms with Gasteiger partial charge in [0.2, 0.25) is 0 Å². The van der Waals surface area contributed by atoms with E-state index in [1.165, 1.54) is 0 Å². The summed E-state index contributed by atoms with van der Waals surface area (Å²) in [4.78, 5) is 8.66. The first-order valence-electron chi connectivity index (χ1n) is 6.65. The second-order valence-corrected chi connectivity index (χ2v) is 6.10. The van der Waals surface area contributed by atoms with Crippen LogP contribution in [0.2, 0.25) is 5.02 Å². The number of rotatable bonds is 6. The molecule has 0 aliphatic rings. The van der Waals surface area contributed by atoms with Gasteiger partial charge in [-0.3, -0.25) is 0 Å². The molecule has 20 heavy (non-hydrogen) atoms. The first-order valence-corrected chi connectivity index (χ1v) is 7.91. The Labute approximate surface area is 128 Å². The summed E-state index contributed by atoms with van der Waals surface area (Å²) in [5, 5.41) is 7.26. The number of nitrogens with one attached hydrogen (secondary N) is 1. The van der Waals surface area contributed by atoms with E-state index in [-0.39, 0.29) is 6.04 Å². The minimum atomic E-state index is 0.0895. The van der Waals surface area contributed by atoms with Gasteiger partial charge >= 0.3 is 0 Å². The Morgan fingerprint density at radius 1 is 1.50 bits per heavy atom. The molecule has 6 heteroatoms. The molecule has 1 atom stereocenters. The summed E-state index contributed by atoms with van der Waals surface area (Å²) in [6, 6.07) is 1.98. The summed E-state index contributed by atoms with van der Waals surface area (Å²) >= 11 is 7.71. The molecular formula is C14H19ClN4S. The predicted molar refractivity (Wildman–Crippen MR) is 85.2 cm³/mol. The van der Waals surface area contributed by atoms with Crippen LogP contribution < -0.4 is 11.1 Å². The molecule has 1 unspecified atom stereocenters. The van der Waals surface area contributed by atoms with Crippen LogP contribution in [0.4, 0.5) is 5.82 Å². The van der Waals surface area contributed by atoms with Crippen molar-refractivity contribution in [3.8, 4) is 0 Å². The Morgan fingerprint density at radius 2 is 2.30 bits per heavy atom. The fourth-order valence-electron chi connectivity index (χ4n) is 2.03. The zero-order valence-corrected chi connectivity index (χ0v) is 13.3. The number of anilines is 1. The average molecular weight is 311 g/mol. The monoisotopic (exact) mass is 310 g/mol. The molecule has 0 amide bonds. The van der Waals surface area contributed by atoms with Gasteiger partial charge in [-0.05, 0) is 26.0 Å². The van der Waals surface area contributed by atoms with Crippen LogP contribution in [0.3, 0.4) is 0 Å². The highest BCUT2D eigenvalue weighted by molar-refractivity contribution is 7.09. The Balaban J connectivity index is 2.24. The van der Waals surface area contributed by atoms with Crippen LogP contribution in [0.25, 0.3) is 0 Å². The lowest BCUT2D eigenvalue weighted by atomic mass is 10.0. The van der Waals surface area contributed by atoms with Crippen LogP contribution in [0.15, 0.2) is 17.6 Å². The highest BCUT2D eigenvalue weighted by Crippen LogP contribution is 2.26. The SMILES string of the molecule is CCCNC(Cc1nc(C)cs1)c1cc(Cl)cnc1N. The summed E-state index contributed by atoms with van der Waals surface area (Å²) in [5.74, 6) is 0.524. The van der Waals surface area contributed by atoms with Crippen LogP contribution >= 0.6 is 22.9 Å². The van der Waals surface area contributed by atoms with Gasteiger partial charge in [0.05, 0.1) is 10.0 Å². The molecule has 108 valence electrons. The Kier molecular flexibility index (Phi) is 5.34. The zero-order chi connectivity index (χ0) is 14.5. The van der Waals surface area contributed by atoms with Gasteiger partial charge in [0.15, 0.2) is 0 Å². The third kappa shape index (κ3) is 3.91. The molecule has 0 fully saturated rings. The van der Waals surface area contributed by atoms with Gasteiger partial charge in [-0.15, -0.1) is 11.3 Å². The van der Waals surface area contributed by atoms with Crippen molar-refractivity contribution in [2.24, 2.45) is 0 Å². The van der Waals surface area contributed by atoms with E-state index in [1.54, 1.807) is 17.5 Å². The van der Waals surface area contributed by atoms with Gasteiger partial charge in [0.25, 0.3) is 0 Å². The molecule has 0 aliphatic heterocycles. The standard InChI is InChI=1S/C14H19ClN4S/c1-3-4-17-12(6-13-19-9(2)8-20-13)11-5-10(15)7-18-14(11)16/h5,7-8,12,17H,3-4,6H2,1-2H3,(H2,16,18). The summed E-state index contributed by atoms with van der Waals surface area (Å²) in [7, 11) is 0. The molecule has 0 saturated carbocycles. The molecule has 0 saturated heterocycles. The molecular weight excluding hydrogens is 292 g/mol. The van der Waals surface area contributed by atoms with Crippen LogP contribution in [-0.2, 0) is 6.42 Å². The number of thiazole rings is 1. The maximum atomic E-state index is 6.04. The molecule has 2 aromatic heterocycles. The Bertz CT molecular complexity index is 570. The van der Waals surface area contributed by atoms with Crippen LogP contribution in [0, 0.1) is 6.92 Å². The van der Waals surface area contributed by atoms with E-state index in [9.17, 15) is 0 Å². The van der Waals surface area contributed by atoms with Gasteiger partial charge in [-0.2, -0.15) is 0 Å². The lowest BCUT2D eigenvalue weighted by Crippen LogP contribution is -2.25. The van der Waals surface area contributed by atoms with Crippen molar-refractivity contribution in [2.75, 3.05) is 12.3 Å². The zero-order valence-electron chi connectivity index (χ0n) is 11.7. The van der Waals surface area contributed by atoms with E-state index in [4.69, 9.17) is 17.3 Å². The van der Waals surface area contributed by atoms with Crippen molar-refractivity contribution >= 4 is 28.8 Å². The third-order valence-corrected chi connectivity index (χ3v) is 4.17. The van der Waals surface area contributed by atoms with Crippen LogP contribution in [0.1, 0.15) is 35.7 Å². The van der Waals surface area contributed by atoms with Crippen molar-refractivity contribution in [3.63, 3.8) is 0 Å². The van der Waals surface area contributed by atoms with Gasteiger partial charge in [0.1, 0.15) is 5.82 Å². The van der Waals surface area contributed by atoms with Crippen molar-refractivity contribution in [3.05, 3.63) is 38.9 Å². The average Bonchev–Trinajstić information content (AvgIpc) is 2.83. The summed E-state index contributed by atoms with van der Waals surface area (Å²) in [6.07, 6.45) is 3.43. The smallest absolute Gasteiger partial charge is 0.128 e. The quantitative estimate of drug-likeness (QED) is 0.858. The second kappa shape index (κ2) is 7.02. The molecule has 0 radical (unpaired) electrons. The maximum Gasteiger partial charge on any atom is 0.128 e. The summed E-state index contributed by atoms with van der Waals surface area (Å²) in [6.45, 7) is 5.06. The van der Waals surface area contributed by atoms with Crippen molar-refractivity contribution < 1.29 is 0 Å². The summed E-state index contributed by atoms with van der Waals surface area (Å²) < 4.78 is 0. The molecule has 2 rings (SSSR count). The Hall–Kier alpha value is -1.17. The van der Waals surface area contributed by atoms with Crippen molar-refractivity contribution in [1.82, 2.24) is 15.3 Å². The molecule has 2 aromatic rings. The van der Waals surface area contributed by atoms with Crippen molar-refractivity contribution in [2.45, 2.75) is 32.7 Å². The molecule has 3 N–H and O–H groups in total. The molecule has 4 nitrogen and oxygen atoms in total. The van der Waals surface area contributed by atoms with E-state index in [0.29, 0.717) is 10.8 Å². The number of hydrogen-bond acceptors (Lipinski definition) is 5. The van der Waals surface area contributed by atoms with Crippen LogP contribution in [0.5, 0.6) is 0 Å². The first kappa shape index (κ1) is 15.2. The molecule has 2 heterocycles. The number of nitrogens with zero attached hydrogens (tertiary/aromatic N) is 2. The first-order chi connectivity index (χ1) is 9.60. The maximum absolute atomic E-state index is 6.04. The number of pyridine rings is 1. The lowest BCUT2D eigenvalue weighted by molar-refractivity contribution is 0.528. The van der Waals surface area contributed by atoms with Gasteiger partial charge in [-0.1, -0.05) is 18.5 Å². The fourth-order valence-corrected chi connectivity index (χ4v) is 3.01. The van der Waals surface area contributed by atoms with E-state index in [0.717, 1.165) is 35.7 Å². The number of aromatic nitrogens is 2. The van der Waals surface area contributed by atoms with Gasteiger partial charge < -0.3 is 11.1 Å². The van der Waals surface area contributed by atoms with Gasteiger partial charge in [0, 0.05) is 35.3 Å². The third-order valence-electron chi connectivity index (χ3n) is 2.98. The minimum Gasteiger partial charge on any atom is -0.383 e. The fraction of sp³-hybridized carbons (Fsp3) is 0.429. The number of halogens is 1. The highest BCUT2D eigenvalue weighted by Gasteiger charge is 2.17. The molecule has 0 spiro atoms.